The molecule has 5 heteroatoms. The fraction of sp³-hybridized carbons (Fsp3) is 0.435. The summed E-state index contributed by atoms with van der Waals surface area (Å²) in [6, 6.07) is 16.3. The number of likely N-dealkylation sites (tertiary alicyclic amines) is 1. The summed E-state index contributed by atoms with van der Waals surface area (Å²) in [5.41, 5.74) is 3.15. The van der Waals surface area contributed by atoms with Gasteiger partial charge in [0.05, 0.1) is 12.1 Å². The van der Waals surface area contributed by atoms with Gasteiger partial charge in [0.1, 0.15) is 12.4 Å². The molecule has 1 unspecified atom stereocenters. The van der Waals surface area contributed by atoms with Crippen LogP contribution in [0.3, 0.4) is 0 Å². The monoisotopic (exact) mass is 380 g/mol. The lowest BCUT2D eigenvalue weighted by Crippen LogP contribution is -2.49. The molecule has 0 radical (unpaired) electrons. The maximum atomic E-state index is 12.7. The molecule has 28 heavy (non-hydrogen) atoms. The van der Waals surface area contributed by atoms with Crippen LogP contribution >= 0.6 is 0 Å². The number of carbonyl (C=O) groups is 1. The standard InChI is InChI=1S/C23H28N2O3/c1-27-14-15-28-20-8-6-18(7-9-20)16-25-13-12-23(17-25)11-10-19-4-2-3-5-21(19)22(26)24-23/h2-9H,10-17H2,1H3,(H,24,26). The molecule has 0 aliphatic carbocycles. The lowest BCUT2D eigenvalue weighted by Gasteiger charge is -2.29. The Hall–Kier alpha value is -2.37. The van der Waals surface area contributed by atoms with E-state index >= 15 is 0 Å². The van der Waals surface area contributed by atoms with E-state index in [0.717, 1.165) is 50.2 Å². The van der Waals surface area contributed by atoms with E-state index in [0.29, 0.717) is 13.2 Å². The SMILES string of the molecule is COCCOc1ccc(CN2CCC3(CCc4ccccc4C(=O)N3)C2)cc1. The number of nitrogens with one attached hydrogen (secondary N) is 1. The fourth-order valence-electron chi connectivity index (χ4n) is 4.30. The van der Waals surface area contributed by atoms with Crippen molar-refractivity contribution in [2.75, 3.05) is 33.4 Å². The Bertz CT molecular complexity index is 821. The van der Waals surface area contributed by atoms with Gasteiger partial charge >= 0.3 is 0 Å². The summed E-state index contributed by atoms with van der Waals surface area (Å²) in [4.78, 5) is 15.2. The van der Waals surface area contributed by atoms with Crippen LogP contribution in [0.15, 0.2) is 48.5 Å². The number of hydrogen-bond donors (Lipinski definition) is 1. The van der Waals surface area contributed by atoms with E-state index in [1.54, 1.807) is 7.11 Å². The lowest BCUT2D eigenvalue weighted by atomic mass is 9.91. The van der Waals surface area contributed by atoms with Gasteiger partial charge < -0.3 is 14.8 Å². The molecule has 1 N–H and O–H groups in total. The minimum absolute atomic E-state index is 0.0764. The minimum Gasteiger partial charge on any atom is -0.491 e. The highest BCUT2D eigenvalue weighted by Crippen LogP contribution is 2.31. The second kappa shape index (κ2) is 8.33. The molecule has 2 aliphatic heterocycles. The molecular weight excluding hydrogens is 352 g/mol. The Morgan fingerprint density at radius 2 is 1.89 bits per heavy atom. The van der Waals surface area contributed by atoms with Gasteiger partial charge in [-0.05, 0) is 48.6 Å². The third-order valence-corrected chi connectivity index (χ3v) is 5.83. The second-order valence-corrected chi connectivity index (χ2v) is 7.84. The molecule has 2 aromatic carbocycles. The van der Waals surface area contributed by atoms with Gasteiger partial charge in [-0.1, -0.05) is 30.3 Å². The Morgan fingerprint density at radius 1 is 1.07 bits per heavy atom. The van der Waals surface area contributed by atoms with Crippen molar-refractivity contribution in [1.29, 1.82) is 0 Å². The largest absolute Gasteiger partial charge is 0.491 e. The molecule has 1 fully saturated rings. The summed E-state index contributed by atoms with van der Waals surface area (Å²) in [5.74, 6) is 0.944. The van der Waals surface area contributed by atoms with Crippen LogP contribution in [0.1, 0.15) is 34.3 Å². The predicted octanol–water partition coefficient (Wildman–Crippen LogP) is 3.03. The Kier molecular flexibility index (Phi) is 5.64. The number of ether oxygens (including phenoxy) is 2. The lowest BCUT2D eigenvalue weighted by molar-refractivity contribution is 0.0902. The van der Waals surface area contributed by atoms with Crippen molar-refractivity contribution in [3.63, 3.8) is 0 Å². The van der Waals surface area contributed by atoms with Gasteiger partial charge in [-0.2, -0.15) is 0 Å². The topological polar surface area (TPSA) is 50.8 Å². The number of nitrogens with zero attached hydrogens (tertiary/aromatic N) is 1. The van der Waals surface area contributed by atoms with Gasteiger partial charge in [-0.3, -0.25) is 9.69 Å². The minimum atomic E-state index is -0.112. The van der Waals surface area contributed by atoms with Crippen molar-refractivity contribution in [2.24, 2.45) is 0 Å². The van der Waals surface area contributed by atoms with Crippen molar-refractivity contribution in [3.05, 3.63) is 65.2 Å². The zero-order valence-corrected chi connectivity index (χ0v) is 16.4. The average molecular weight is 380 g/mol. The number of fused-ring (bicyclic) bond motifs is 1. The predicted molar refractivity (Wildman–Crippen MR) is 109 cm³/mol. The van der Waals surface area contributed by atoms with Gasteiger partial charge in [0.15, 0.2) is 0 Å². The first-order chi connectivity index (χ1) is 13.7. The van der Waals surface area contributed by atoms with Crippen molar-refractivity contribution in [2.45, 2.75) is 31.3 Å². The molecule has 1 atom stereocenters. The van der Waals surface area contributed by atoms with Crippen LogP contribution in [0.5, 0.6) is 5.75 Å². The van der Waals surface area contributed by atoms with Crippen LogP contribution in [0.4, 0.5) is 0 Å². The van der Waals surface area contributed by atoms with Crippen LogP contribution in [0.25, 0.3) is 0 Å². The summed E-state index contributed by atoms with van der Waals surface area (Å²) in [6.45, 7) is 3.95. The molecule has 0 bridgehead atoms. The summed E-state index contributed by atoms with van der Waals surface area (Å²) in [7, 11) is 1.67. The first-order valence-electron chi connectivity index (χ1n) is 10.0. The first-order valence-corrected chi connectivity index (χ1v) is 10.0. The van der Waals surface area contributed by atoms with Gasteiger partial charge in [-0.25, -0.2) is 0 Å². The zero-order chi connectivity index (χ0) is 19.4. The molecule has 4 rings (SSSR count). The highest BCUT2D eigenvalue weighted by molar-refractivity contribution is 5.96. The van der Waals surface area contributed by atoms with E-state index in [1.165, 1.54) is 11.1 Å². The summed E-state index contributed by atoms with van der Waals surface area (Å²) >= 11 is 0. The molecule has 148 valence electrons. The molecule has 5 nitrogen and oxygen atoms in total. The van der Waals surface area contributed by atoms with E-state index in [2.05, 4.69) is 28.4 Å². The van der Waals surface area contributed by atoms with Crippen molar-refractivity contribution < 1.29 is 14.3 Å². The second-order valence-electron chi connectivity index (χ2n) is 7.84. The van der Waals surface area contributed by atoms with Gasteiger partial charge in [0, 0.05) is 32.3 Å². The maximum absolute atomic E-state index is 12.7. The molecule has 0 saturated carbocycles. The summed E-state index contributed by atoms with van der Waals surface area (Å²) < 4.78 is 10.6. The number of benzene rings is 2. The number of methoxy groups -OCH3 is 1. The van der Waals surface area contributed by atoms with E-state index in [1.807, 2.05) is 30.3 Å². The molecule has 2 aromatic rings. The Labute approximate surface area is 166 Å². The van der Waals surface area contributed by atoms with Crippen LogP contribution in [-0.4, -0.2) is 49.8 Å². The number of amides is 1. The third-order valence-electron chi connectivity index (χ3n) is 5.83. The fourth-order valence-corrected chi connectivity index (χ4v) is 4.30. The molecule has 2 aliphatic rings. The van der Waals surface area contributed by atoms with Gasteiger partial charge in [0.2, 0.25) is 0 Å². The third kappa shape index (κ3) is 4.21. The van der Waals surface area contributed by atoms with Gasteiger partial charge in [0.25, 0.3) is 5.91 Å². The quantitative estimate of drug-likeness (QED) is 0.783. The molecule has 2 heterocycles. The normalized spacial score (nSPS) is 22.0. The van der Waals surface area contributed by atoms with Crippen LogP contribution in [0, 0.1) is 0 Å². The first kappa shape index (κ1) is 19.0. The molecule has 1 spiro atoms. The number of rotatable bonds is 6. The Morgan fingerprint density at radius 3 is 2.71 bits per heavy atom. The molecular formula is C23H28N2O3. The van der Waals surface area contributed by atoms with Crippen LogP contribution in [-0.2, 0) is 17.7 Å². The highest BCUT2D eigenvalue weighted by atomic mass is 16.5. The van der Waals surface area contributed by atoms with Crippen LogP contribution < -0.4 is 10.1 Å². The zero-order valence-electron chi connectivity index (χ0n) is 16.4. The van der Waals surface area contributed by atoms with Gasteiger partial charge in [-0.15, -0.1) is 0 Å². The highest BCUT2D eigenvalue weighted by Gasteiger charge is 2.40. The number of hydrogen-bond acceptors (Lipinski definition) is 4. The molecule has 1 saturated heterocycles. The van der Waals surface area contributed by atoms with E-state index in [9.17, 15) is 4.79 Å². The maximum Gasteiger partial charge on any atom is 0.252 e. The van der Waals surface area contributed by atoms with E-state index in [-0.39, 0.29) is 11.4 Å². The average Bonchev–Trinajstić information content (AvgIpc) is 3.04. The van der Waals surface area contributed by atoms with Crippen molar-refractivity contribution >= 4 is 5.91 Å². The summed E-state index contributed by atoms with van der Waals surface area (Å²) in [5, 5.41) is 3.35. The van der Waals surface area contributed by atoms with E-state index < -0.39 is 0 Å². The Balaban J connectivity index is 1.36. The summed E-state index contributed by atoms with van der Waals surface area (Å²) in [6.07, 6.45) is 2.96. The molecule has 0 aromatic heterocycles. The van der Waals surface area contributed by atoms with Crippen molar-refractivity contribution in [1.82, 2.24) is 10.2 Å². The van der Waals surface area contributed by atoms with E-state index in [4.69, 9.17) is 9.47 Å². The molecule has 1 amide bonds. The van der Waals surface area contributed by atoms with Crippen molar-refractivity contribution in [3.8, 4) is 5.75 Å². The number of carbonyl (C=O) groups excluding carboxylic acids is 1. The van der Waals surface area contributed by atoms with Crippen LogP contribution in [0.2, 0.25) is 0 Å². The smallest absolute Gasteiger partial charge is 0.252 e. The number of aryl methyl sites for hydroxylation is 1.